The van der Waals surface area contributed by atoms with Gasteiger partial charge in [0.1, 0.15) is 6.04 Å². The van der Waals surface area contributed by atoms with Crippen LogP contribution in [0.3, 0.4) is 0 Å². The average Bonchev–Trinajstić information content (AvgIpc) is 2.40. The van der Waals surface area contributed by atoms with Crippen LogP contribution >= 0.6 is 0 Å². The van der Waals surface area contributed by atoms with Crippen LogP contribution in [0.2, 0.25) is 0 Å². The number of anilines is 1. The molecule has 0 heterocycles. The summed E-state index contributed by atoms with van der Waals surface area (Å²) in [5.74, 6) is -2.39. The van der Waals surface area contributed by atoms with Crippen LogP contribution in [0.25, 0.3) is 0 Å². The Kier molecular flexibility index (Phi) is 5.55. The van der Waals surface area contributed by atoms with Gasteiger partial charge in [-0.15, -0.1) is 0 Å². The minimum atomic E-state index is -1.36. The second kappa shape index (κ2) is 7.14. The summed E-state index contributed by atoms with van der Waals surface area (Å²) >= 11 is 0. The summed E-state index contributed by atoms with van der Waals surface area (Å²) in [7, 11) is 0. The highest BCUT2D eigenvalue weighted by molar-refractivity contribution is 5.92. The lowest BCUT2D eigenvalue weighted by molar-refractivity contribution is -0.385. The molecule has 1 aromatic rings. The number of aliphatic carboxylic acids is 1. The Balaban J connectivity index is 2.74. The van der Waals surface area contributed by atoms with Crippen molar-refractivity contribution >= 4 is 23.4 Å². The van der Waals surface area contributed by atoms with E-state index in [0.29, 0.717) is 6.07 Å². The molecule has 0 radical (unpaired) electrons. The molecule has 1 atom stereocenters. The summed E-state index contributed by atoms with van der Waals surface area (Å²) in [5.41, 5.74) is -0.826. The number of rotatable bonds is 6. The molecule has 4 N–H and O–H groups in total. The predicted octanol–water partition coefficient (Wildman–Crippen LogP) is 0.691. The fourth-order valence-electron chi connectivity index (χ4n) is 1.42. The van der Waals surface area contributed by atoms with Crippen LogP contribution in [0.15, 0.2) is 18.2 Å². The molecule has 0 bridgehead atoms. The Morgan fingerprint density at radius 2 is 2.10 bits per heavy atom. The maximum Gasteiger partial charge on any atom is 0.326 e. The number of nitrogens with one attached hydrogen (secondary N) is 2. The fraction of sp³-hybridized carbons (Fsp3) is 0.273. The molecule has 1 aromatic carbocycles. The van der Waals surface area contributed by atoms with Crippen LogP contribution in [-0.4, -0.2) is 39.8 Å². The first-order valence-electron chi connectivity index (χ1n) is 5.70. The average molecular weight is 301 g/mol. The van der Waals surface area contributed by atoms with Gasteiger partial charge in [0.2, 0.25) is 0 Å². The molecule has 114 valence electrons. The van der Waals surface area contributed by atoms with E-state index in [2.05, 4.69) is 0 Å². The number of halogens is 1. The van der Waals surface area contributed by atoms with Crippen molar-refractivity contribution in [2.75, 3.05) is 11.9 Å². The minimum absolute atomic E-state index is 0.217. The zero-order chi connectivity index (χ0) is 16.0. The fourth-order valence-corrected chi connectivity index (χ4v) is 1.42. The van der Waals surface area contributed by atoms with Crippen molar-refractivity contribution in [2.45, 2.75) is 12.5 Å². The molecular weight excluding hydrogens is 289 g/mol. The summed E-state index contributed by atoms with van der Waals surface area (Å²) in [6, 6.07) is 0.244. The second-order valence-corrected chi connectivity index (χ2v) is 3.92. The van der Waals surface area contributed by atoms with Crippen LogP contribution in [0, 0.1) is 15.9 Å². The minimum Gasteiger partial charge on any atom is -0.480 e. The van der Waals surface area contributed by atoms with Gasteiger partial charge in [0.15, 0.2) is 5.82 Å². The molecule has 21 heavy (non-hydrogen) atoms. The van der Waals surface area contributed by atoms with Crippen LogP contribution < -0.4 is 10.6 Å². The standard InChI is InChI=1S/C11H12FN3O6/c12-7-5-6(15(20)21)1-2-8(7)13-11(19)14-9(3-4-16)10(17)18/h1-2,5,9,16H,3-4H2,(H,17,18)(H2,13,14,19)/t9-/m1/s1. The summed E-state index contributed by atoms with van der Waals surface area (Å²) in [6.45, 7) is -0.455. The molecule has 0 saturated heterocycles. The van der Waals surface area contributed by atoms with Gasteiger partial charge in [0.05, 0.1) is 16.7 Å². The zero-order valence-corrected chi connectivity index (χ0v) is 10.6. The molecule has 0 fully saturated rings. The van der Waals surface area contributed by atoms with Crippen molar-refractivity contribution in [2.24, 2.45) is 0 Å². The number of amides is 2. The normalized spacial score (nSPS) is 11.5. The van der Waals surface area contributed by atoms with Crippen molar-refractivity contribution in [3.05, 3.63) is 34.1 Å². The van der Waals surface area contributed by atoms with Gasteiger partial charge in [-0.25, -0.2) is 14.0 Å². The molecule has 0 spiro atoms. The number of aliphatic hydroxyl groups is 1. The lowest BCUT2D eigenvalue weighted by atomic mass is 10.2. The van der Waals surface area contributed by atoms with E-state index >= 15 is 0 Å². The van der Waals surface area contributed by atoms with E-state index in [9.17, 15) is 24.1 Å². The number of hydrogen-bond donors (Lipinski definition) is 4. The Bertz CT molecular complexity index is 565. The van der Waals surface area contributed by atoms with Gasteiger partial charge in [-0.3, -0.25) is 10.1 Å². The van der Waals surface area contributed by atoms with Gasteiger partial charge < -0.3 is 20.8 Å². The van der Waals surface area contributed by atoms with Gasteiger partial charge in [-0.2, -0.15) is 0 Å². The van der Waals surface area contributed by atoms with Crippen LogP contribution in [-0.2, 0) is 4.79 Å². The zero-order valence-electron chi connectivity index (χ0n) is 10.6. The maximum atomic E-state index is 13.5. The van der Waals surface area contributed by atoms with E-state index in [1.165, 1.54) is 0 Å². The molecule has 0 aliphatic carbocycles. The van der Waals surface area contributed by atoms with Gasteiger partial charge in [0.25, 0.3) is 5.69 Å². The van der Waals surface area contributed by atoms with Gasteiger partial charge in [0, 0.05) is 19.1 Å². The molecule has 2 amide bonds. The number of nitrogens with zero attached hydrogens (tertiary/aromatic N) is 1. The number of nitro benzene ring substituents is 1. The third kappa shape index (κ3) is 4.69. The number of hydrogen-bond acceptors (Lipinski definition) is 5. The monoisotopic (exact) mass is 301 g/mol. The molecule has 1 rings (SSSR count). The Hall–Kier alpha value is -2.75. The van der Waals surface area contributed by atoms with E-state index in [4.69, 9.17) is 10.2 Å². The highest BCUT2D eigenvalue weighted by Crippen LogP contribution is 2.20. The van der Waals surface area contributed by atoms with Gasteiger partial charge in [-0.1, -0.05) is 0 Å². The van der Waals surface area contributed by atoms with Crippen molar-refractivity contribution in [3.8, 4) is 0 Å². The highest BCUT2D eigenvalue weighted by Gasteiger charge is 2.20. The number of carbonyl (C=O) groups is 2. The van der Waals surface area contributed by atoms with Gasteiger partial charge >= 0.3 is 12.0 Å². The lowest BCUT2D eigenvalue weighted by Crippen LogP contribution is -2.43. The third-order valence-electron chi connectivity index (χ3n) is 2.43. The first-order chi connectivity index (χ1) is 9.85. The number of nitro groups is 1. The summed E-state index contributed by atoms with van der Waals surface area (Å²) in [4.78, 5) is 31.9. The number of benzene rings is 1. The quantitative estimate of drug-likeness (QED) is 0.450. The molecule has 0 aromatic heterocycles. The number of urea groups is 1. The summed E-state index contributed by atoms with van der Waals surface area (Å²) in [6.07, 6.45) is -0.217. The van der Waals surface area contributed by atoms with E-state index in [1.54, 1.807) is 0 Å². The maximum absolute atomic E-state index is 13.5. The SMILES string of the molecule is O=C(Nc1ccc([N+](=O)[O-])cc1F)N[C@H](CCO)C(=O)O. The van der Waals surface area contributed by atoms with E-state index in [0.717, 1.165) is 12.1 Å². The van der Waals surface area contributed by atoms with Crippen molar-refractivity contribution in [1.29, 1.82) is 0 Å². The van der Waals surface area contributed by atoms with Crippen molar-refractivity contribution in [3.63, 3.8) is 0 Å². The predicted molar refractivity (Wildman–Crippen MR) is 68.3 cm³/mol. The Morgan fingerprint density at radius 1 is 1.43 bits per heavy atom. The second-order valence-electron chi connectivity index (χ2n) is 3.92. The highest BCUT2D eigenvalue weighted by atomic mass is 19.1. The van der Waals surface area contributed by atoms with E-state index < -0.39 is 41.1 Å². The van der Waals surface area contributed by atoms with E-state index in [-0.39, 0.29) is 12.1 Å². The smallest absolute Gasteiger partial charge is 0.326 e. The van der Waals surface area contributed by atoms with E-state index in [1.807, 2.05) is 10.6 Å². The molecule has 0 aliphatic heterocycles. The lowest BCUT2D eigenvalue weighted by Gasteiger charge is -2.14. The number of non-ortho nitro benzene ring substituents is 1. The van der Waals surface area contributed by atoms with Crippen molar-refractivity contribution in [1.82, 2.24) is 5.32 Å². The van der Waals surface area contributed by atoms with Crippen LogP contribution in [0.4, 0.5) is 20.6 Å². The van der Waals surface area contributed by atoms with Crippen LogP contribution in [0.1, 0.15) is 6.42 Å². The van der Waals surface area contributed by atoms with Crippen molar-refractivity contribution < 1.29 is 29.1 Å². The van der Waals surface area contributed by atoms with Crippen LogP contribution in [0.5, 0.6) is 0 Å². The summed E-state index contributed by atoms with van der Waals surface area (Å²) in [5, 5.41) is 31.9. The largest absolute Gasteiger partial charge is 0.480 e. The number of carboxylic acids is 1. The molecular formula is C11H12FN3O6. The third-order valence-corrected chi connectivity index (χ3v) is 2.43. The first-order valence-corrected chi connectivity index (χ1v) is 5.70. The Labute approximate surface area is 117 Å². The number of carboxylic acid groups (broad SMARTS) is 1. The molecule has 9 nitrogen and oxygen atoms in total. The molecule has 0 saturated carbocycles. The topological polar surface area (TPSA) is 142 Å². The van der Waals surface area contributed by atoms with Gasteiger partial charge in [-0.05, 0) is 6.07 Å². The number of aliphatic hydroxyl groups excluding tert-OH is 1. The Morgan fingerprint density at radius 3 is 2.57 bits per heavy atom. The molecule has 0 unspecified atom stereocenters. The summed E-state index contributed by atoms with van der Waals surface area (Å²) < 4.78 is 13.5. The molecule has 0 aliphatic rings. The molecule has 10 heteroatoms. The first kappa shape index (κ1) is 16.3. The number of carbonyl (C=O) groups excluding carboxylic acids is 1.